The van der Waals surface area contributed by atoms with Crippen molar-refractivity contribution < 1.29 is 9.13 Å². The second-order valence-electron chi connectivity index (χ2n) is 5.06. The molecule has 1 heterocycles. The second-order valence-corrected chi connectivity index (χ2v) is 5.06. The molecule has 1 saturated heterocycles. The minimum absolute atomic E-state index is 0.250. The predicted octanol–water partition coefficient (Wildman–Crippen LogP) is 2.05. The molecule has 1 aromatic carbocycles. The number of benzene rings is 1. The first-order valence-electron chi connectivity index (χ1n) is 6.34. The van der Waals surface area contributed by atoms with E-state index in [2.05, 4.69) is 10.2 Å². The maximum Gasteiger partial charge on any atom is 0.165 e. The molecule has 2 atom stereocenters. The van der Waals surface area contributed by atoms with Crippen molar-refractivity contribution in [1.29, 1.82) is 0 Å². The van der Waals surface area contributed by atoms with E-state index in [0.29, 0.717) is 11.7 Å². The lowest BCUT2D eigenvalue weighted by atomic mass is 9.91. The summed E-state index contributed by atoms with van der Waals surface area (Å²) in [5, 5.41) is 3.37. The van der Waals surface area contributed by atoms with Gasteiger partial charge >= 0.3 is 0 Å². The number of rotatable bonds is 4. The molecule has 2 unspecified atom stereocenters. The molecule has 0 saturated carbocycles. The van der Waals surface area contributed by atoms with Gasteiger partial charge in [0.05, 0.1) is 7.11 Å². The summed E-state index contributed by atoms with van der Waals surface area (Å²) in [6.45, 7) is 2.05. The van der Waals surface area contributed by atoms with Gasteiger partial charge in [-0.2, -0.15) is 0 Å². The fourth-order valence-corrected chi connectivity index (χ4v) is 2.81. The van der Waals surface area contributed by atoms with Crippen LogP contribution in [-0.2, 0) is 0 Å². The molecule has 0 spiro atoms. The van der Waals surface area contributed by atoms with Crippen LogP contribution in [0.3, 0.4) is 0 Å². The third kappa shape index (κ3) is 2.65. The quantitative estimate of drug-likeness (QED) is 0.887. The van der Waals surface area contributed by atoms with Crippen molar-refractivity contribution in [2.75, 3.05) is 34.3 Å². The first-order chi connectivity index (χ1) is 8.63. The Bertz CT molecular complexity index is 403. The number of hydrogen-bond donors (Lipinski definition) is 1. The molecule has 1 fully saturated rings. The van der Waals surface area contributed by atoms with Gasteiger partial charge in [-0.25, -0.2) is 4.39 Å². The van der Waals surface area contributed by atoms with Crippen molar-refractivity contribution in [1.82, 2.24) is 10.2 Å². The summed E-state index contributed by atoms with van der Waals surface area (Å²) >= 11 is 0. The Morgan fingerprint density at radius 1 is 1.44 bits per heavy atom. The zero-order valence-corrected chi connectivity index (χ0v) is 11.2. The fraction of sp³-hybridized carbons (Fsp3) is 0.571. The first kappa shape index (κ1) is 13.3. The van der Waals surface area contributed by atoms with Gasteiger partial charge in [0.15, 0.2) is 11.6 Å². The largest absolute Gasteiger partial charge is 0.494 e. The molecule has 100 valence electrons. The van der Waals surface area contributed by atoms with E-state index in [1.54, 1.807) is 12.1 Å². The molecule has 0 aliphatic carbocycles. The van der Waals surface area contributed by atoms with Crippen LogP contribution in [0.5, 0.6) is 5.75 Å². The van der Waals surface area contributed by atoms with Crippen LogP contribution in [0.15, 0.2) is 18.2 Å². The van der Waals surface area contributed by atoms with E-state index in [1.165, 1.54) is 7.11 Å². The molecule has 1 aliphatic heterocycles. The lowest BCUT2D eigenvalue weighted by Gasteiger charge is -2.30. The summed E-state index contributed by atoms with van der Waals surface area (Å²) in [6.07, 6.45) is 1.14. The highest BCUT2D eigenvalue weighted by Crippen LogP contribution is 2.32. The number of nitrogens with zero attached hydrogens (tertiary/aromatic N) is 1. The molecule has 0 amide bonds. The average Bonchev–Trinajstić information content (AvgIpc) is 2.82. The minimum atomic E-state index is -0.284. The zero-order valence-electron chi connectivity index (χ0n) is 11.2. The Kier molecular flexibility index (Phi) is 4.19. The molecule has 1 aliphatic rings. The topological polar surface area (TPSA) is 24.5 Å². The van der Waals surface area contributed by atoms with Gasteiger partial charge in [0.25, 0.3) is 0 Å². The molecular formula is C14H21FN2O. The van der Waals surface area contributed by atoms with Crippen LogP contribution in [0, 0.1) is 11.7 Å². The van der Waals surface area contributed by atoms with Crippen LogP contribution in [-0.4, -0.2) is 39.2 Å². The van der Waals surface area contributed by atoms with Gasteiger partial charge in [0.1, 0.15) is 0 Å². The maximum atomic E-state index is 13.8. The summed E-state index contributed by atoms with van der Waals surface area (Å²) in [5.41, 5.74) is 1.02. The van der Waals surface area contributed by atoms with Gasteiger partial charge in [-0.1, -0.05) is 6.07 Å². The van der Waals surface area contributed by atoms with Crippen molar-refractivity contribution in [3.05, 3.63) is 29.6 Å². The molecule has 4 heteroatoms. The number of ether oxygens (including phenoxy) is 1. The van der Waals surface area contributed by atoms with Gasteiger partial charge in [-0.05, 0) is 57.2 Å². The van der Waals surface area contributed by atoms with Crippen LogP contribution in [0.25, 0.3) is 0 Å². The van der Waals surface area contributed by atoms with Crippen molar-refractivity contribution in [3.63, 3.8) is 0 Å². The Hall–Kier alpha value is -1.13. The summed E-state index contributed by atoms with van der Waals surface area (Å²) in [7, 11) is 5.58. The highest BCUT2D eigenvalue weighted by molar-refractivity contribution is 5.31. The van der Waals surface area contributed by atoms with E-state index in [9.17, 15) is 4.39 Å². The molecule has 3 nitrogen and oxygen atoms in total. The fourth-order valence-electron chi connectivity index (χ4n) is 2.81. The number of hydrogen-bond acceptors (Lipinski definition) is 3. The third-order valence-electron chi connectivity index (χ3n) is 3.62. The van der Waals surface area contributed by atoms with Gasteiger partial charge in [0, 0.05) is 6.04 Å². The molecule has 1 aromatic rings. The molecule has 2 rings (SSSR count). The molecular weight excluding hydrogens is 231 g/mol. The van der Waals surface area contributed by atoms with Gasteiger partial charge in [0.2, 0.25) is 0 Å². The summed E-state index contributed by atoms with van der Waals surface area (Å²) in [5.74, 6) is 0.557. The van der Waals surface area contributed by atoms with Crippen LogP contribution in [0.2, 0.25) is 0 Å². The predicted molar refractivity (Wildman–Crippen MR) is 70.4 cm³/mol. The molecule has 1 N–H and O–H groups in total. The average molecular weight is 252 g/mol. The Labute approximate surface area is 108 Å². The zero-order chi connectivity index (χ0) is 13.1. The van der Waals surface area contributed by atoms with Gasteiger partial charge in [-0.3, -0.25) is 0 Å². The van der Waals surface area contributed by atoms with Crippen LogP contribution < -0.4 is 10.1 Å². The van der Waals surface area contributed by atoms with E-state index in [4.69, 9.17) is 4.74 Å². The van der Waals surface area contributed by atoms with E-state index in [-0.39, 0.29) is 11.9 Å². The third-order valence-corrected chi connectivity index (χ3v) is 3.62. The summed E-state index contributed by atoms with van der Waals surface area (Å²) < 4.78 is 18.8. The standard InChI is InChI=1S/C14H21FN2O/c1-17(2)14(11-6-7-16-9-11)10-4-5-13(18-3)12(15)8-10/h4-5,8,11,14,16H,6-7,9H2,1-3H3. The van der Waals surface area contributed by atoms with Crippen LogP contribution >= 0.6 is 0 Å². The normalized spacial score (nSPS) is 21.3. The van der Waals surface area contributed by atoms with Crippen molar-refractivity contribution in [2.24, 2.45) is 5.92 Å². The smallest absolute Gasteiger partial charge is 0.165 e. The van der Waals surface area contributed by atoms with Crippen LogP contribution in [0.1, 0.15) is 18.0 Å². The van der Waals surface area contributed by atoms with Crippen molar-refractivity contribution >= 4 is 0 Å². The Morgan fingerprint density at radius 3 is 2.72 bits per heavy atom. The summed E-state index contributed by atoms with van der Waals surface area (Å²) in [6, 6.07) is 5.52. The minimum Gasteiger partial charge on any atom is -0.494 e. The molecule has 0 aromatic heterocycles. The number of halogens is 1. The summed E-state index contributed by atoms with van der Waals surface area (Å²) in [4.78, 5) is 2.17. The number of methoxy groups -OCH3 is 1. The van der Waals surface area contributed by atoms with E-state index in [0.717, 1.165) is 25.1 Å². The van der Waals surface area contributed by atoms with Gasteiger partial charge < -0.3 is 15.0 Å². The van der Waals surface area contributed by atoms with Crippen molar-refractivity contribution in [2.45, 2.75) is 12.5 Å². The molecule has 0 bridgehead atoms. The SMILES string of the molecule is COc1ccc(C(C2CCNC2)N(C)C)cc1F. The molecule has 0 radical (unpaired) electrons. The van der Waals surface area contributed by atoms with E-state index >= 15 is 0 Å². The lowest BCUT2D eigenvalue weighted by molar-refractivity contribution is 0.222. The monoisotopic (exact) mass is 252 g/mol. The molecule has 18 heavy (non-hydrogen) atoms. The lowest BCUT2D eigenvalue weighted by Crippen LogP contribution is -2.29. The maximum absolute atomic E-state index is 13.8. The Balaban J connectivity index is 2.27. The number of nitrogens with one attached hydrogen (secondary N) is 1. The highest BCUT2D eigenvalue weighted by atomic mass is 19.1. The van der Waals surface area contributed by atoms with E-state index in [1.807, 2.05) is 20.2 Å². The second kappa shape index (κ2) is 5.67. The van der Waals surface area contributed by atoms with Gasteiger partial charge in [-0.15, -0.1) is 0 Å². The Morgan fingerprint density at radius 2 is 2.22 bits per heavy atom. The highest BCUT2D eigenvalue weighted by Gasteiger charge is 2.28. The van der Waals surface area contributed by atoms with E-state index < -0.39 is 0 Å². The van der Waals surface area contributed by atoms with Crippen molar-refractivity contribution in [3.8, 4) is 5.75 Å². The first-order valence-corrected chi connectivity index (χ1v) is 6.34. The van der Waals surface area contributed by atoms with Crippen LogP contribution in [0.4, 0.5) is 4.39 Å².